The minimum atomic E-state index is -0.846. The number of carboxylic acid groups (broad SMARTS) is 1. The minimum absolute atomic E-state index is 0.404. The van der Waals surface area contributed by atoms with Crippen LogP contribution in [0.2, 0.25) is 0 Å². The Bertz CT molecular complexity index is 363. The molecule has 0 saturated carbocycles. The van der Waals surface area contributed by atoms with Gasteiger partial charge in [0.2, 0.25) is 0 Å². The Kier molecular flexibility index (Phi) is 5.61. The highest BCUT2D eigenvalue weighted by Gasteiger charge is 2.06. The van der Waals surface area contributed by atoms with Crippen LogP contribution in [-0.2, 0) is 6.54 Å². The van der Waals surface area contributed by atoms with Crippen LogP contribution >= 0.6 is 11.3 Å². The zero-order valence-electron chi connectivity index (χ0n) is 10.6. The molecule has 0 atom stereocenters. The van der Waals surface area contributed by atoms with Crippen molar-refractivity contribution in [2.24, 2.45) is 0 Å². The molecule has 2 N–H and O–H groups in total. The summed E-state index contributed by atoms with van der Waals surface area (Å²) in [6, 6.07) is 4.08. The van der Waals surface area contributed by atoms with Gasteiger partial charge in [0.05, 0.1) is 0 Å². The van der Waals surface area contributed by atoms with E-state index in [1.807, 2.05) is 6.07 Å². The van der Waals surface area contributed by atoms with E-state index < -0.39 is 5.97 Å². The maximum atomic E-state index is 10.7. The Labute approximate surface area is 106 Å². The Balaban J connectivity index is 2.24. The van der Waals surface area contributed by atoms with Crippen LogP contribution in [0, 0.1) is 0 Å². The Morgan fingerprint density at radius 2 is 2.24 bits per heavy atom. The van der Waals surface area contributed by atoms with Gasteiger partial charge in [-0.3, -0.25) is 0 Å². The van der Waals surface area contributed by atoms with Crippen LogP contribution in [0.25, 0.3) is 0 Å². The van der Waals surface area contributed by atoms with Crippen molar-refractivity contribution in [1.82, 2.24) is 10.2 Å². The standard InChI is InChI=1S/C12H20N2O2S/c1-9(2)14(3)7-6-13-8-10-4-5-11(17-10)12(15)16/h4-5,9,13H,6-8H2,1-3H3,(H,15,16). The van der Waals surface area contributed by atoms with Crippen molar-refractivity contribution in [3.05, 3.63) is 21.9 Å². The maximum Gasteiger partial charge on any atom is 0.345 e. The van der Waals surface area contributed by atoms with E-state index >= 15 is 0 Å². The van der Waals surface area contributed by atoms with E-state index in [1.54, 1.807) is 6.07 Å². The molecular formula is C12H20N2O2S. The van der Waals surface area contributed by atoms with Crippen LogP contribution in [0.15, 0.2) is 12.1 Å². The fraction of sp³-hybridized carbons (Fsp3) is 0.583. The number of hydrogen-bond acceptors (Lipinski definition) is 4. The monoisotopic (exact) mass is 256 g/mol. The molecule has 1 rings (SSSR count). The van der Waals surface area contributed by atoms with Crippen LogP contribution in [0.5, 0.6) is 0 Å². The molecule has 17 heavy (non-hydrogen) atoms. The maximum absolute atomic E-state index is 10.7. The molecule has 0 unspecified atom stereocenters. The van der Waals surface area contributed by atoms with Crippen molar-refractivity contribution in [3.8, 4) is 0 Å². The van der Waals surface area contributed by atoms with Gasteiger partial charge in [0.25, 0.3) is 0 Å². The molecular weight excluding hydrogens is 236 g/mol. The molecule has 0 aliphatic carbocycles. The van der Waals surface area contributed by atoms with Crippen molar-refractivity contribution in [1.29, 1.82) is 0 Å². The smallest absolute Gasteiger partial charge is 0.345 e. The average molecular weight is 256 g/mol. The fourth-order valence-electron chi connectivity index (χ4n) is 1.31. The van der Waals surface area contributed by atoms with Crippen LogP contribution in [-0.4, -0.2) is 42.2 Å². The zero-order valence-corrected chi connectivity index (χ0v) is 11.4. The second-order valence-electron chi connectivity index (χ2n) is 4.32. The second-order valence-corrected chi connectivity index (χ2v) is 5.49. The summed E-state index contributed by atoms with van der Waals surface area (Å²) in [5.41, 5.74) is 0. The molecule has 0 fully saturated rings. The lowest BCUT2D eigenvalue weighted by molar-refractivity contribution is 0.0702. The fourth-order valence-corrected chi connectivity index (χ4v) is 2.13. The van der Waals surface area contributed by atoms with E-state index in [9.17, 15) is 4.79 Å². The van der Waals surface area contributed by atoms with Gasteiger partial charge in [-0.2, -0.15) is 0 Å². The lowest BCUT2D eigenvalue weighted by Crippen LogP contribution is -2.33. The number of likely N-dealkylation sites (N-methyl/N-ethyl adjacent to an activating group) is 1. The molecule has 0 aliphatic rings. The summed E-state index contributed by atoms with van der Waals surface area (Å²) in [6.07, 6.45) is 0. The molecule has 0 spiro atoms. The van der Waals surface area contributed by atoms with Crippen molar-refractivity contribution in [2.75, 3.05) is 20.1 Å². The number of nitrogens with zero attached hydrogens (tertiary/aromatic N) is 1. The number of carbonyl (C=O) groups is 1. The summed E-state index contributed by atoms with van der Waals surface area (Å²) < 4.78 is 0. The summed E-state index contributed by atoms with van der Waals surface area (Å²) in [5, 5.41) is 12.1. The van der Waals surface area contributed by atoms with Gasteiger partial charge in [-0.1, -0.05) is 0 Å². The molecule has 96 valence electrons. The van der Waals surface area contributed by atoms with Crippen molar-refractivity contribution in [2.45, 2.75) is 26.4 Å². The Morgan fingerprint density at radius 1 is 1.53 bits per heavy atom. The van der Waals surface area contributed by atoms with E-state index in [0.29, 0.717) is 10.9 Å². The first kappa shape index (κ1) is 14.2. The van der Waals surface area contributed by atoms with Gasteiger partial charge in [-0.25, -0.2) is 4.79 Å². The number of carboxylic acids is 1. The van der Waals surface area contributed by atoms with Gasteiger partial charge in [-0.05, 0) is 33.0 Å². The van der Waals surface area contributed by atoms with Gasteiger partial charge in [0.1, 0.15) is 4.88 Å². The summed E-state index contributed by atoms with van der Waals surface area (Å²) in [5.74, 6) is -0.846. The quantitative estimate of drug-likeness (QED) is 0.731. The molecule has 5 heteroatoms. The number of nitrogens with one attached hydrogen (secondary N) is 1. The van der Waals surface area contributed by atoms with Crippen LogP contribution in [0.3, 0.4) is 0 Å². The lowest BCUT2D eigenvalue weighted by atomic mass is 10.3. The molecule has 4 nitrogen and oxygen atoms in total. The number of thiophene rings is 1. The number of aromatic carboxylic acids is 1. The Hall–Kier alpha value is -0.910. The molecule has 0 amide bonds. The second kappa shape index (κ2) is 6.74. The van der Waals surface area contributed by atoms with Crippen molar-refractivity contribution in [3.63, 3.8) is 0 Å². The first-order valence-corrected chi connectivity index (χ1v) is 6.55. The van der Waals surface area contributed by atoms with Crippen LogP contribution in [0.4, 0.5) is 0 Å². The third-order valence-electron chi connectivity index (χ3n) is 2.69. The number of hydrogen-bond donors (Lipinski definition) is 2. The Morgan fingerprint density at radius 3 is 2.76 bits per heavy atom. The number of rotatable bonds is 7. The van der Waals surface area contributed by atoms with E-state index in [-0.39, 0.29) is 0 Å². The van der Waals surface area contributed by atoms with Gasteiger partial charge < -0.3 is 15.3 Å². The summed E-state index contributed by atoms with van der Waals surface area (Å²) in [4.78, 5) is 14.4. The van der Waals surface area contributed by atoms with E-state index in [1.165, 1.54) is 11.3 Å². The highest BCUT2D eigenvalue weighted by Crippen LogP contribution is 2.15. The van der Waals surface area contributed by atoms with Gasteiger partial charge in [0.15, 0.2) is 0 Å². The van der Waals surface area contributed by atoms with Crippen LogP contribution < -0.4 is 5.32 Å². The summed E-state index contributed by atoms with van der Waals surface area (Å²) in [6.45, 7) is 6.98. The van der Waals surface area contributed by atoms with Crippen molar-refractivity contribution < 1.29 is 9.90 Å². The molecule has 1 aromatic heterocycles. The highest BCUT2D eigenvalue weighted by atomic mass is 32.1. The minimum Gasteiger partial charge on any atom is -0.477 e. The predicted octanol–water partition coefficient (Wildman–Crippen LogP) is 1.88. The normalized spacial score (nSPS) is 11.4. The van der Waals surface area contributed by atoms with E-state index in [0.717, 1.165) is 24.5 Å². The van der Waals surface area contributed by atoms with Crippen LogP contribution in [0.1, 0.15) is 28.4 Å². The predicted molar refractivity (Wildman–Crippen MR) is 70.8 cm³/mol. The van der Waals surface area contributed by atoms with Gasteiger partial charge in [0, 0.05) is 30.6 Å². The van der Waals surface area contributed by atoms with E-state index in [4.69, 9.17) is 5.11 Å². The topological polar surface area (TPSA) is 52.6 Å². The third kappa shape index (κ3) is 4.85. The molecule has 0 saturated heterocycles. The third-order valence-corrected chi connectivity index (χ3v) is 3.77. The molecule has 1 heterocycles. The SMILES string of the molecule is CC(C)N(C)CCNCc1ccc(C(=O)O)s1. The molecule has 0 radical (unpaired) electrons. The van der Waals surface area contributed by atoms with E-state index in [2.05, 4.69) is 31.1 Å². The average Bonchev–Trinajstić information content (AvgIpc) is 2.72. The summed E-state index contributed by atoms with van der Waals surface area (Å²) in [7, 11) is 2.10. The van der Waals surface area contributed by atoms with Gasteiger partial charge >= 0.3 is 5.97 Å². The molecule has 1 aromatic rings. The highest BCUT2D eigenvalue weighted by molar-refractivity contribution is 7.13. The largest absolute Gasteiger partial charge is 0.477 e. The molecule has 0 aromatic carbocycles. The van der Waals surface area contributed by atoms with Gasteiger partial charge in [-0.15, -0.1) is 11.3 Å². The van der Waals surface area contributed by atoms with Crippen molar-refractivity contribution >= 4 is 17.3 Å². The molecule has 0 bridgehead atoms. The lowest BCUT2D eigenvalue weighted by Gasteiger charge is -2.20. The zero-order chi connectivity index (χ0) is 12.8. The molecule has 0 aliphatic heterocycles. The first-order chi connectivity index (χ1) is 8.00. The summed E-state index contributed by atoms with van der Waals surface area (Å²) >= 11 is 1.33. The first-order valence-electron chi connectivity index (χ1n) is 5.73.